The summed E-state index contributed by atoms with van der Waals surface area (Å²) in [6.45, 7) is 6.46. The molecule has 3 heteroatoms. The van der Waals surface area contributed by atoms with Gasteiger partial charge in [-0.15, -0.1) is 0 Å². The van der Waals surface area contributed by atoms with Crippen molar-refractivity contribution in [1.82, 2.24) is 0 Å². The number of unbranched alkanes of at least 4 members (excludes halogenated alkanes) is 12. The quantitative estimate of drug-likeness (QED) is 0.0899. The van der Waals surface area contributed by atoms with E-state index in [1.54, 1.807) is 0 Å². The van der Waals surface area contributed by atoms with Crippen molar-refractivity contribution in [1.29, 1.82) is 0 Å². The normalized spacial score (nSPS) is 12.3. The minimum atomic E-state index is -0.235. The Morgan fingerprint density at radius 3 is 1.84 bits per heavy atom. The molecule has 0 aliphatic heterocycles. The molecule has 0 saturated heterocycles. The monoisotopic (exact) mass is 518 g/mol. The van der Waals surface area contributed by atoms with Crippen LogP contribution in [0.4, 0.5) is 0 Å². The van der Waals surface area contributed by atoms with Crippen LogP contribution in [0.1, 0.15) is 111 Å². The molecule has 0 amide bonds. The first-order chi connectivity index (χ1) is 18.6. The summed E-state index contributed by atoms with van der Waals surface area (Å²) in [4.78, 5) is 12.9. The standard InChI is InChI=1S/C35H50O3/c1-4-5-6-7-8-9-10-11-12-13-14-15-16-22-32(35(36)38-28(2)3)27-37-34-24-19-23-31-25-29-20-17-18-21-30(29)26-33(31)34/h17-21,23-26,28,32H,4-16,22,27H2,1-3H3. The molecule has 0 aliphatic rings. The minimum absolute atomic E-state index is 0.111. The van der Waals surface area contributed by atoms with Crippen molar-refractivity contribution in [2.45, 2.75) is 117 Å². The molecule has 0 fully saturated rings. The zero-order valence-corrected chi connectivity index (χ0v) is 24.2. The molecular formula is C35H50O3. The van der Waals surface area contributed by atoms with E-state index in [-0.39, 0.29) is 18.0 Å². The zero-order valence-electron chi connectivity index (χ0n) is 24.2. The highest BCUT2D eigenvalue weighted by atomic mass is 16.5. The third kappa shape index (κ3) is 10.3. The summed E-state index contributed by atoms with van der Waals surface area (Å²) in [5.41, 5.74) is 0. The van der Waals surface area contributed by atoms with E-state index in [1.807, 2.05) is 26.0 Å². The van der Waals surface area contributed by atoms with Crippen LogP contribution in [-0.4, -0.2) is 18.7 Å². The van der Waals surface area contributed by atoms with Crippen LogP contribution in [0.3, 0.4) is 0 Å². The minimum Gasteiger partial charge on any atom is -0.492 e. The Bertz CT molecular complexity index is 1090. The van der Waals surface area contributed by atoms with Crippen LogP contribution in [0, 0.1) is 5.92 Å². The van der Waals surface area contributed by atoms with Crippen LogP contribution < -0.4 is 4.74 Å². The number of hydrogen-bond acceptors (Lipinski definition) is 3. The molecule has 1 unspecified atom stereocenters. The zero-order chi connectivity index (χ0) is 27.0. The van der Waals surface area contributed by atoms with Crippen LogP contribution in [0.15, 0.2) is 54.6 Å². The number of fused-ring (bicyclic) bond motifs is 2. The van der Waals surface area contributed by atoms with Crippen molar-refractivity contribution in [3.8, 4) is 5.75 Å². The second-order valence-corrected chi connectivity index (χ2v) is 11.2. The fraction of sp³-hybridized carbons (Fsp3) is 0.571. The Morgan fingerprint density at radius 1 is 0.684 bits per heavy atom. The van der Waals surface area contributed by atoms with Gasteiger partial charge in [-0.05, 0) is 54.6 Å². The number of hydrogen-bond donors (Lipinski definition) is 0. The number of rotatable bonds is 19. The van der Waals surface area contributed by atoms with Gasteiger partial charge in [0.2, 0.25) is 0 Å². The Balaban J connectivity index is 1.43. The third-order valence-electron chi connectivity index (χ3n) is 7.49. The fourth-order valence-corrected chi connectivity index (χ4v) is 5.26. The molecule has 0 bridgehead atoms. The predicted octanol–water partition coefficient (Wildman–Crippen LogP) is 10.4. The van der Waals surface area contributed by atoms with E-state index in [2.05, 4.69) is 49.4 Å². The highest BCUT2D eigenvalue weighted by molar-refractivity contribution is 6.00. The van der Waals surface area contributed by atoms with Crippen LogP contribution in [-0.2, 0) is 9.53 Å². The number of benzene rings is 3. The van der Waals surface area contributed by atoms with Gasteiger partial charge in [-0.3, -0.25) is 4.79 Å². The van der Waals surface area contributed by atoms with Gasteiger partial charge in [-0.2, -0.15) is 0 Å². The van der Waals surface area contributed by atoms with Crippen molar-refractivity contribution in [3.63, 3.8) is 0 Å². The summed E-state index contributed by atoms with van der Waals surface area (Å²) in [5.74, 6) is 0.464. The molecule has 0 saturated carbocycles. The molecule has 0 radical (unpaired) electrons. The maximum absolute atomic E-state index is 12.9. The van der Waals surface area contributed by atoms with Gasteiger partial charge in [0.05, 0.1) is 12.0 Å². The molecular weight excluding hydrogens is 468 g/mol. The van der Waals surface area contributed by atoms with Gasteiger partial charge >= 0.3 is 5.97 Å². The van der Waals surface area contributed by atoms with E-state index in [0.717, 1.165) is 29.4 Å². The highest BCUT2D eigenvalue weighted by Crippen LogP contribution is 2.30. The smallest absolute Gasteiger partial charge is 0.312 e. The SMILES string of the molecule is CCCCCCCCCCCCCCCC(COc1cccc2cc3ccccc3cc12)C(=O)OC(C)C. The Labute approximate surface area is 231 Å². The lowest BCUT2D eigenvalue weighted by atomic mass is 10.00. The molecule has 0 N–H and O–H groups in total. The van der Waals surface area contributed by atoms with E-state index in [9.17, 15) is 4.79 Å². The van der Waals surface area contributed by atoms with Gasteiger partial charge in [0.1, 0.15) is 12.4 Å². The lowest BCUT2D eigenvalue weighted by Gasteiger charge is -2.19. The first-order valence-electron chi connectivity index (χ1n) is 15.3. The molecule has 3 aromatic carbocycles. The summed E-state index contributed by atoms with van der Waals surface area (Å²) in [6.07, 6.45) is 17.9. The van der Waals surface area contributed by atoms with Crippen LogP contribution in [0.5, 0.6) is 5.75 Å². The summed E-state index contributed by atoms with van der Waals surface area (Å²) >= 11 is 0. The maximum atomic E-state index is 12.9. The van der Waals surface area contributed by atoms with E-state index >= 15 is 0 Å². The average molecular weight is 519 g/mol. The molecule has 3 nitrogen and oxygen atoms in total. The van der Waals surface area contributed by atoms with Crippen LogP contribution in [0.2, 0.25) is 0 Å². The summed E-state index contributed by atoms with van der Waals surface area (Å²) in [7, 11) is 0. The van der Waals surface area contributed by atoms with Crippen LogP contribution >= 0.6 is 0 Å². The first-order valence-corrected chi connectivity index (χ1v) is 15.3. The van der Waals surface area contributed by atoms with Gasteiger partial charge in [0.25, 0.3) is 0 Å². The molecule has 1 atom stereocenters. The fourth-order valence-electron chi connectivity index (χ4n) is 5.26. The van der Waals surface area contributed by atoms with Crippen molar-refractivity contribution in [2.75, 3.05) is 6.61 Å². The van der Waals surface area contributed by atoms with Gasteiger partial charge < -0.3 is 9.47 Å². The van der Waals surface area contributed by atoms with Gasteiger partial charge in [-0.1, -0.05) is 127 Å². The summed E-state index contributed by atoms with van der Waals surface area (Å²) in [5, 5.41) is 4.65. The molecule has 3 aromatic rings. The number of ether oxygens (including phenoxy) is 2. The maximum Gasteiger partial charge on any atom is 0.312 e. The first kappa shape index (κ1) is 30.0. The molecule has 0 aromatic heterocycles. The number of carbonyl (C=O) groups excluding carboxylic acids is 1. The van der Waals surface area contributed by atoms with Gasteiger partial charge in [0.15, 0.2) is 0 Å². The van der Waals surface area contributed by atoms with Gasteiger partial charge in [-0.25, -0.2) is 0 Å². The lowest BCUT2D eigenvalue weighted by molar-refractivity contribution is -0.153. The predicted molar refractivity (Wildman–Crippen MR) is 162 cm³/mol. The molecule has 208 valence electrons. The Hall–Kier alpha value is -2.55. The third-order valence-corrected chi connectivity index (χ3v) is 7.49. The highest BCUT2D eigenvalue weighted by Gasteiger charge is 2.22. The molecule has 0 aliphatic carbocycles. The number of esters is 1. The average Bonchev–Trinajstić information content (AvgIpc) is 2.91. The Kier molecular flexibility index (Phi) is 13.5. The van der Waals surface area contributed by atoms with Crippen molar-refractivity contribution in [3.05, 3.63) is 54.6 Å². The largest absolute Gasteiger partial charge is 0.492 e. The molecule has 38 heavy (non-hydrogen) atoms. The van der Waals surface area contributed by atoms with E-state index < -0.39 is 0 Å². The summed E-state index contributed by atoms with van der Waals surface area (Å²) < 4.78 is 11.9. The number of carbonyl (C=O) groups is 1. The van der Waals surface area contributed by atoms with Crippen molar-refractivity contribution >= 4 is 27.5 Å². The van der Waals surface area contributed by atoms with Crippen molar-refractivity contribution in [2.24, 2.45) is 5.92 Å². The van der Waals surface area contributed by atoms with E-state index in [0.29, 0.717) is 6.61 Å². The van der Waals surface area contributed by atoms with E-state index in [1.165, 1.54) is 87.8 Å². The second kappa shape index (κ2) is 17.1. The Morgan fingerprint density at radius 2 is 1.24 bits per heavy atom. The van der Waals surface area contributed by atoms with E-state index in [4.69, 9.17) is 9.47 Å². The van der Waals surface area contributed by atoms with Crippen molar-refractivity contribution < 1.29 is 14.3 Å². The molecule has 0 spiro atoms. The second-order valence-electron chi connectivity index (χ2n) is 11.2. The summed E-state index contributed by atoms with van der Waals surface area (Å²) in [6, 6.07) is 18.9. The molecule has 3 rings (SSSR count). The molecule has 0 heterocycles. The van der Waals surface area contributed by atoms with Gasteiger partial charge in [0, 0.05) is 5.39 Å². The lowest BCUT2D eigenvalue weighted by Crippen LogP contribution is -2.26. The van der Waals surface area contributed by atoms with Crippen LogP contribution in [0.25, 0.3) is 21.5 Å². The topological polar surface area (TPSA) is 35.5 Å².